The molecule has 0 rings (SSSR count). The Morgan fingerprint density at radius 2 is 1.87 bits per heavy atom. The fourth-order valence-corrected chi connectivity index (χ4v) is 1.60. The lowest BCUT2D eigenvalue weighted by atomic mass is 9.88. The predicted molar refractivity (Wildman–Crippen MR) is 63.1 cm³/mol. The van der Waals surface area contributed by atoms with Crippen LogP contribution >= 0.6 is 0 Å². The highest BCUT2D eigenvalue weighted by Crippen LogP contribution is 2.22. The van der Waals surface area contributed by atoms with Crippen LogP contribution in [-0.2, 0) is 4.79 Å². The van der Waals surface area contributed by atoms with Gasteiger partial charge in [-0.2, -0.15) is 0 Å². The first-order valence-corrected chi connectivity index (χ1v) is 5.89. The van der Waals surface area contributed by atoms with Crippen LogP contribution in [0.1, 0.15) is 47.0 Å². The van der Waals surface area contributed by atoms with Crippen LogP contribution in [0.4, 0.5) is 0 Å². The first-order valence-electron chi connectivity index (χ1n) is 5.89. The van der Waals surface area contributed by atoms with Crippen molar-refractivity contribution in [2.75, 3.05) is 19.6 Å². The molecule has 3 nitrogen and oxygen atoms in total. The number of carbonyl (C=O) groups is 1. The van der Waals surface area contributed by atoms with E-state index < -0.39 is 11.4 Å². The number of nitrogens with zero attached hydrogens (tertiary/aromatic N) is 1. The zero-order valence-electron chi connectivity index (χ0n) is 10.5. The summed E-state index contributed by atoms with van der Waals surface area (Å²) in [6.07, 6.45) is 2.88. The van der Waals surface area contributed by atoms with Crippen LogP contribution in [0.15, 0.2) is 0 Å². The molecule has 0 radical (unpaired) electrons. The van der Waals surface area contributed by atoms with Crippen molar-refractivity contribution in [1.82, 2.24) is 4.90 Å². The molecule has 0 aromatic carbocycles. The van der Waals surface area contributed by atoms with Crippen LogP contribution in [0.2, 0.25) is 0 Å². The van der Waals surface area contributed by atoms with Crippen molar-refractivity contribution < 1.29 is 9.90 Å². The van der Waals surface area contributed by atoms with E-state index in [9.17, 15) is 4.79 Å². The maximum Gasteiger partial charge on any atom is 0.309 e. The Bertz CT molecular complexity index is 190. The summed E-state index contributed by atoms with van der Waals surface area (Å²) >= 11 is 0. The van der Waals surface area contributed by atoms with Gasteiger partial charge in [-0.3, -0.25) is 4.79 Å². The molecule has 0 aromatic heterocycles. The molecule has 0 bridgehead atoms. The normalized spacial score (nSPS) is 12.1. The number of rotatable bonds is 8. The molecule has 0 heterocycles. The third kappa shape index (κ3) is 5.78. The van der Waals surface area contributed by atoms with Crippen LogP contribution < -0.4 is 0 Å². The average molecular weight is 215 g/mol. The van der Waals surface area contributed by atoms with Crippen molar-refractivity contribution >= 4 is 5.97 Å². The van der Waals surface area contributed by atoms with Crippen molar-refractivity contribution in [2.45, 2.75) is 47.0 Å². The standard InChI is InChI=1S/C12H25NO2/c1-5-9-13(6-2)10-7-8-12(3,4)11(14)15/h5-10H2,1-4H3,(H,14,15). The van der Waals surface area contributed by atoms with Gasteiger partial charge in [0.2, 0.25) is 0 Å². The van der Waals surface area contributed by atoms with E-state index in [1.54, 1.807) is 13.8 Å². The van der Waals surface area contributed by atoms with Crippen molar-refractivity contribution in [3.8, 4) is 0 Å². The number of aliphatic carboxylic acids is 1. The zero-order valence-corrected chi connectivity index (χ0v) is 10.5. The van der Waals surface area contributed by atoms with E-state index in [1.165, 1.54) is 0 Å². The van der Waals surface area contributed by atoms with Gasteiger partial charge in [-0.05, 0) is 52.7 Å². The summed E-state index contributed by atoms with van der Waals surface area (Å²) in [5, 5.41) is 8.95. The fourth-order valence-electron chi connectivity index (χ4n) is 1.60. The SMILES string of the molecule is CCCN(CC)CCCC(C)(C)C(=O)O. The number of hydrogen-bond donors (Lipinski definition) is 1. The Kier molecular flexibility index (Phi) is 6.57. The molecular weight excluding hydrogens is 190 g/mol. The molecule has 0 saturated carbocycles. The molecule has 90 valence electrons. The highest BCUT2D eigenvalue weighted by molar-refractivity contribution is 5.73. The lowest BCUT2D eigenvalue weighted by molar-refractivity contribution is -0.147. The third-order valence-electron chi connectivity index (χ3n) is 2.84. The first-order chi connectivity index (χ1) is 6.94. The van der Waals surface area contributed by atoms with Gasteiger partial charge in [0, 0.05) is 0 Å². The second kappa shape index (κ2) is 6.83. The van der Waals surface area contributed by atoms with Crippen LogP contribution in [0.3, 0.4) is 0 Å². The van der Waals surface area contributed by atoms with Crippen LogP contribution in [0.5, 0.6) is 0 Å². The number of carboxylic acids is 1. The van der Waals surface area contributed by atoms with E-state index in [4.69, 9.17) is 5.11 Å². The molecule has 0 aromatic rings. The molecule has 0 fully saturated rings. The third-order valence-corrected chi connectivity index (χ3v) is 2.84. The van der Waals surface area contributed by atoms with Crippen molar-refractivity contribution in [2.24, 2.45) is 5.41 Å². The lowest BCUT2D eigenvalue weighted by Crippen LogP contribution is -2.28. The summed E-state index contributed by atoms with van der Waals surface area (Å²) in [4.78, 5) is 13.3. The van der Waals surface area contributed by atoms with Gasteiger partial charge < -0.3 is 10.0 Å². The van der Waals surface area contributed by atoms with E-state index in [0.29, 0.717) is 0 Å². The predicted octanol–water partition coefficient (Wildman–Crippen LogP) is 2.61. The second-order valence-corrected chi connectivity index (χ2v) is 4.73. The first kappa shape index (κ1) is 14.4. The van der Waals surface area contributed by atoms with Crippen LogP contribution in [0, 0.1) is 5.41 Å². The fraction of sp³-hybridized carbons (Fsp3) is 0.917. The zero-order chi connectivity index (χ0) is 11.9. The van der Waals surface area contributed by atoms with Gasteiger partial charge in [-0.1, -0.05) is 13.8 Å². The molecule has 0 aliphatic carbocycles. The summed E-state index contributed by atoms with van der Waals surface area (Å²) in [5.41, 5.74) is -0.578. The molecule has 0 unspecified atom stereocenters. The van der Waals surface area contributed by atoms with Crippen molar-refractivity contribution in [3.63, 3.8) is 0 Å². The Balaban J connectivity index is 3.81. The molecule has 3 heteroatoms. The molecule has 0 atom stereocenters. The highest BCUT2D eigenvalue weighted by atomic mass is 16.4. The minimum Gasteiger partial charge on any atom is -0.481 e. The van der Waals surface area contributed by atoms with Crippen molar-refractivity contribution in [1.29, 1.82) is 0 Å². The van der Waals surface area contributed by atoms with Crippen LogP contribution in [-0.4, -0.2) is 35.6 Å². The van der Waals surface area contributed by atoms with Crippen LogP contribution in [0.25, 0.3) is 0 Å². The Morgan fingerprint density at radius 1 is 1.27 bits per heavy atom. The molecule has 15 heavy (non-hydrogen) atoms. The highest BCUT2D eigenvalue weighted by Gasteiger charge is 2.26. The number of carboxylic acid groups (broad SMARTS) is 1. The average Bonchev–Trinajstić information content (AvgIpc) is 2.16. The Morgan fingerprint density at radius 3 is 2.27 bits per heavy atom. The van der Waals surface area contributed by atoms with Gasteiger partial charge in [0.25, 0.3) is 0 Å². The van der Waals surface area contributed by atoms with E-state index in [1.807, 2.05) is 0 Å². The Hall–Kier alpha value is -0.570. The molecule has 1 N–H and O–H groups in total. The topological polar surface area (TPSA) is 40.5 Å². The monoisotopic (exact) mass is 215 g/mol. The number of hydrogen-bond acceptors (Lipinski definition) is 2. The summed E-state index contributed by atoms with van der Waals surface area (Å²) in [7, 11) is 0. The largest absolute Gasteiger partial charge is 0.481 e. The summed E-state index contributed by atoms with van der Waals surface area (Å²) < 4.78 is 0. The molecule has 0 amide bonds. The maximum atomic E-state index is 10.9. The molecule has 0 saturated heterocycles. The molecular formula is C12H25NO2. The van der Waals surface area contributed by atoms with Gasteiger partial charge in [-0.15, -0.1) is 0 Å². The lowest BCUT2D eigenvalue weighted by Gasteiger charge is -2.23. The van der Waals surface area contributed by atoms with E-state index in [0.717, 1.165) is 38.9 Å². The Labute approximate surface area is 93.5 Å². The van der Waals surface area contributed by atoms with E-state index in [-0.39, 0.29) is 0 Å². The van der Waals surface area contributed by atoms with Gasteiger partial charge in [0.1, 0.15) is 0 Å². The van der Waals surface area contributed by atoms with E-state index >= 15 is 0 Å². The summed E-state index contributed by atoms with van der Waals surface area (Å²) in [6, 6.07) is 0. The van der Waals surface area contributed by atoms with Gasteiger partial charge in [0.15, 0.2) is 0 Å². The van der Waals surface area contributed by atoms with Gasteiger partial charge in [-0.25, -0.2) is 0 Å². The minimum atomic E-state index is -0.693. The van der Waals surface area contributed by atoms with Crippen molar-refractivity contribution in [3.05, 3.63) is 0 Å². The smallest absolute Gasteiger partial charge is 0.309 e. The molecule has 0 spiro atoms. The summed E-state index contributed by atoms with van der Waals surface area (Å²) in [6.45, 7) is 11.1. The van der Waals surface area contributed by atoms with Gasteiger partial charge >= 0.3 is 5.97 Å². The second-order valence-electron chi connectivity index (χ2n) is 4.73. The van der Waals surface area contributed by atoms with Gasteiger partial charge in [0.05, 0.1) is 5.41 Å². The maximum absolute atomic E-state index is 10.9. The molecule has 0 aliphatic rings. The summed E-state index contributed by atoms with van der Waals surface area (Å²) in [5.74, 6) is -0.693. The molecule has 0 aliphatic heterocycles. The quantitative estimate of drug-likeness (QED) is 0.676. The minimum absolute atomic E-state index is 0.578. The van der Waals surface area contributed by atoms with E-state index in [2.05, 4.69) is 18.7 Å².